The SMILES string of the molecule is COc1ccc(C)cc1CCNC(=O)CCCN1C(=O)NC2(CCCC2)C1=O. The van der Waals surface area contributed by atoms with Crippen LogP contribution in [0.2, 0.25) is 0 Å². The van der Waals surface area contributed by atoms with Crippen molar-refractivity contribution in [2.45, 2.75) is 57.4 Å². The summed E-state index contributed by atoms with van der Waals surface area (Å²) in [5.74, 6) is 0.621. The van der Waals surface area contributed by atoms with Crippen molar-refractivity contribution in [3.63, 3.8) is 0 Å². The van der Waals surface area contributed by atoms with Gasteiger partial charge in [0.1, 0.15) is 11.3 Å². The van der Waals surface area contributed by atoms with Gasteiger partial charge in [-0.3, -0.25) is 14.5 Å². The van der Waals surface area contributed by atoms with E-state index < -0.39 is 5.54 Å². The lowest BCUT2D eigenvalue weighted by atomic mass is 9.98. The molecule has 1 aromatic carbocycles. The Morgan fingerprint density at radius 1 is 1.29 bits per heavy atom. The molecule has 1 saturated heterocycles. The van der Waals surface area contributed by atoms with Gasteiger partial charge in [-0.05, 0) is 44.2 Å². The fraction of sp³-hybridized carbons (Fsp3) is 0.571. The average molecular weight is 387 g/mol. The van der Waals surface area contributed by atoms with Crippen LogP contribution in [0.4, 0.5) is 4.79 Å². The molecule has 0 bridgehead atoms. The monoisotopic (exact) mass is 387 g/mol. The number of hydrogen-bond donors (Lipinski definition) is 2. The number of carbonyl (C=O) groups is 3. The lowest BCUT2D eigenvalue weighted by Gasteiger charge is -2.19. The first-order valence-corrected chi connectivity index (χ1v) is 9.99. The van der Waals surface area contributed by atoms with Crippen LogP contribution in [0.1, 0.15) is 49.7 Å². The third kappa shape index (κ3) is 4.29. The molecule has 1 heterocycles. The van der Waals surface area contributed by atoms with Crippen molar-refractivity contribution in [1.29, 1.82) is 0 Å². The van der Waals surface area contributed by atoms with Crippen molar-refractivity contribution in [2.24, 2.45) is 0 Å². The number of urea groups is 1. The van der Waals surface area contributed by atoms with Crippen LogP contribution in [0, 0.1) is 6.92 Å². The zero-order valence-corrected chi connectivity index (χ0v) is 16.7. The largest absolute Gasteiger partial charge is 0.496 e. The maximum atomic E-state index is 12.6. The van der Waals surface area contributed by atoms with Crippen molar-refractivity contribution in [2.75, 3.05) is 20.2 Å². The summed E-state index contributed by atoms with van der Waals surface area (Å²) in [4.78, 5) is 38.1. The number of carbonyl (C=O) groups excluding carboxylic acids is 3. The van der Waals surface area contributed by atoms with E-state index in [0.717, 1.165) is 42.6 Å². The molecule has 1 aliphatic heterocycles. The number of methoxy groups -OCH3 is 1. The van der Waals surface area contributed by atoms with E-state index >= 15 is 0 Å². The molecule has 0 atom stereocenters. The number of aryl methyl sites for hydroxylation is 1. The normalized spacial score (nSPS) is 17.9. The van der Waals surface area contributed by atoms with Gasteiger partial charge in [-0.25, -0.2) is 4.79 Å². The van der Waals surface area contributed by atoms with Gasteiger partial charge in [0.2, 0.25) is 5.91 Å². The van der Waals surface area contributed by atoms with Gasteiger partial charge in [0.15, 0.2) is 0 Å². The number of amides is 4. The van der Waals surface area contributed by atoms with Crippen LogP contribution in [-0.2, 0) is 16.0 Å². The minimum absolute atomic E-state index is 0.0748. The van der Waals surface area contributed by atoms with E-state index in [1.165, 1.54) is 4.90 Å². The molecule has 152 valence electrons. The highest BCUT2D eigenvalue weighted by Gasteiger charge is 2.51. The van der Waals surface area contributed by atoms with E-state index in [4.69, 9.17) is 4.74 Å². The molecule has 1 aliphatic carbocycles. The van der Waals surface area contributed by atoms with Gasteiger partial charge < -0.3 is 15.4 Å². The molecule has 2 aliphatic rings. The van der Waals surface area contributed by atoms with E-state index in [9.17, 15) is 14.4 Å². The first-order chi connectivity index (χ1) is 13.4. The highest BCUT2D eigenvalue weighted by atomic mass is 16.5. The quantitative estimate of drug-likeness (QED) is 0.670. The highest BCUT2D eigenvalue weighted by molar-refractivity contribution is 6.07. The van der Waals surface area contributed by atoms with Crippen LogP contribution in [0.5, 0.6) is 5.75 Å². The van der Waals surface area contributed by atoms with Gasteiger partial charge in [-0.1, -0.05) is 30.5 Å². The predicted octanol–water partition coefficient (Wildman–Crippen LogP) is 2.31. The molecule has 1 spiro atoms. The summed E-state index contributed by atoms with van der Waals surface area (Å²) >= 11 is 0. The molecular formula is C21H29N3O4. The second-order valence-electron chi connectivity index (χ2n) is 7.69. The highest BCUT2D eigenvalue weighted by Crippen LogP contribution is 2.35. The van der Waals surface area contributed by atoms with Crippen molar-refractivity contribution < 1.29 is 19.1 Å². The molecule has 1 aromatic rings. The van der Waals surface area contributed by atoms with Crippen LogP contribution in [0.25, 0.3) is 0 Å². The molecule has 4 amide bonds. The lowest BCUT2D eigenvalue weighted by Crippen LogP contribution is -2.44. The standard InChI is InChI=1S/C21H29N3O4/c1-15-7-8-17(28-2)16(14-15)9-12-22-18(25)6-5-13-24-19(26)21(23-20(24)27)10-3-4-11-21/h7-8,14H,3-6,9-13H2,1-2H3,(H,22,25)(H,23,27). The summed E-state index contributed by atoms with van der Waals surface area (Å²) in [6.07, 6.45) is 4.81. The van der Waals surface area contributed by atoms with Crippen molar-refractivity contribution in [3.8, 4) is 5.75 Å². The minimum atomic E-state index is -0.674. The second-order valence-corrected chi connectivity index (χ2v) is 7.69. The molecule has 0 aromatic heterocycles. The average Bonchev–Trinajstić information content (AvgIpc) is 3.22. The summed E-state index contributed by atoms with van der Waals surface area (Å²) in [6, 6.07) is 5.66. The van der Waals surface area contributed by atoms with Crippen LogP contribution < -0.4 is 15.4 Å². The fourth-order valence-corrected chi connectivity index (χ4v) is 4.12. The minimum Gasteiger partial charge on any atom is -0.496 e. The Hall–Kier alpha value is -2.57. The molecule has 28 heavy (non-hydrogen) atoms. The Balaban J connectivity index is 1.40. The van der Waals surface area contributed by atoms with E-state index in [1.807, 2.05) is 19.1 Å². The maximum absolute atomic E-state index is 12.6. The molecular weight excluding hydrogens is 358 g/mol. The zero-order chi connectivity index (χ0) is 20.1. The van der Waals surface area contributed by atoms with Crippen molar-refractivity contribution >= 4 is 17.8 Å². The Morgan fingerprint density at radius 2 is 2.04 bits per heavy atom. The first-order valence-electron chi connectivity index (χ1n) is 9.99. The lowest BCUT2D eigenvalue weighted by molar-refractivity contribution is -0.131. The summed E-state index contributed by atoms with van der Waals surface area (Å²) in [7, 11) is 1.64. The number of hydrogen-bond acceptors (Lipinski definition) is 4. The van der Waals surface area contributed by atoms with Gasteiger partial charge in [0.25, 0.3) is 5.91 Å². The van der Waals surface area contributed by atoms with Crippen LogP contribution in [0.15, 0.2) is 18.2 Å². The summed E-state index contributed by atoms with van der Waals surface area (Å²) in [6.45, 7) is 2.82. The number of nitrogens with one attached hydrogen (secondary N) is 2. The predicted molar refractivity (Wildman–Crippen MR) is 105 cm³/mol. The van der Waals surface area contributed by atoms with Crippen LogP contribution in [-0.4, -0.2) is 48.5 Å². The zero-order valence-electron chi connectivity index (χ0n) is 16.7. The first kappa shape index (κ1) is 20.2. The molecule has 7 heteroatoms. The number of imide groups is 1. The molecule has 2 fully saturated rings. The molecule has 1 saturated carbocycles. The fourth-order valence-electron chi connectivity index (χ4n) is 4.12. The molecule has 7 nitrogen and oxygen atoms in total. The Morgan fingerprint density at radius 3 is 2.75 bits per heavy atom. The third-order valence-electron chi connectivity index (χ3n) is 5.64. The van der Waals surface area contributed by atoms with E-state index in [2.05, 4.69) is 16.7 Å². The Bertz CT molecular complexity index is 756. The van der Waals surface area contributed by atoms with Gasteiger partial charge in [-0.15, -0.1) is 0 Å². The van der Waals surface area contributed by atoms with Crippen LogP contribution >= 0.6 is 0 Å². The van der Waals surface area contributed by atoms with E-state index in [0.29, 0.717) is 19.4 Å². The third-order valence-corrected chi connectivity index (χ3v) is 5.64. The summed E-state index contributed by atoms with van der Waals surface area (Å²) < 4.78 is 5.35. The van der Waals surface area contributed by atoms with Gasteiger partial charge in [0.05, 0.1) is 7.11 Å². The molecule has 2 N–H and O–H groups in total. The summed E-state index contributed by atoms with van der Waals surface area (Å²) in [5, 5.41) is 5.76. The van der Waals surface area contributed by atoms with E-state index in [-0.39, 0.29) is 30.8 Å². The number of rotatable bonds is 8. The molecule has 3 rings (SSSR count). The summed E-state index contributed by atoms with van der Waals surface area (Å²) in [5.41, 5.74) is 1.53. The van der Waals surface area contributed by atoms with Gasteiger partial charge >= 0.3 is 6.03 Å². The molecule has 0 unspecified atom stereocenters. The van der Waals surface area contributed by atoms with Crippen molar-refractivity contribution in [1.82, 2.24) is 15.5 Å². The van der Waals surface area contributed by atoms with Crippen molar-refractivity contribution in [3.05, 3.63) is 29.3 Å². The Kier molecular flexibility index (Phi) is 6.21. The smallest absolute Gasteiger partial charge is 0.325 e. The van der Waals surface area contributed by atoms with Gasteiger partial charge in [-0.2, -0.15) is 0 Å². The van der Waals surface area contributed by atoms with Crippen LogP contribution in [0.3, 0.4) is 0 Å². The van der Waals surface area contributed by atoms with E-state index in [1.54, 1.807) is 7.11 Å². The number of nitrogens with zero attached hydrogens (tertiary/aromatic N) is 1. The topological polar surface area (TPSA) is 87.7 Å². The number of benzene rings is 1. The maximum Gasteiger partial charge on any atom is 0.325 e. The Labute approximate surface area is 165 Å². The molecule has 0 radical (unpaired) electrons. The second kappa shape index (κ2) is 8.63. The number of ether oxygens (including phenoxy) is 1. The van der Waals surface area contributed by atoms with Gasteiger partial charge in [0, 0.05) is 19.5 Å².